The van der Waals surface area contributed by atoms with Crippen LogP contribution in [0.15, 0.2) is 23.6 Å². The highest BCUT2D eigenvalue weighted by Gasteiger charge is 2.07. The third kappa shape index (κ3) is 3.56. The number of hydrogen-bond donors (Lipinski definition) is 0. The van der Waals surface area contributed by atoms with Crippen LogP contribution < -0.4 is 0 Å². The van der Waals surface area contributed by atoms with Gasteiger partial charge in [-0.1, -0.05) is 19.1 Å². The molecule has 0 aliphatic rings. The van der Waals surface area contributed by atoms with E-state index in [-0.39, 0.29) is 0 Å². The van der Waals surface area contributed by atoms with Crippen molar-refractivity contribution in [2.45, 2.75) is 26.3 Å². The number of alkyl halides is 1. The van der Waals surface area contributed by atoms with E-state index >= 15 is 0 Å². The number of hydrogen-bond acceptors (Lipinski definition) is 3. The highest BCUT2D eigenvalue weighted by atomic mass is 35.5. The zero-order valence-corrected chi connectivity index (χ0v) is 13.2. The first-order valence-electron chi connectivity index (χ1n) is 6.42. The Kier molecular flexibility index (Phi) is 4.97. The predicted octanol–water partition coefficient (Wildman–Crippen LogP) is 4.31. The van der Waals surface area contributed by atoms with Gasteiger partial charge in [-0.3, -0.25) is 0 Å². The normalized spacial score (nSPS) is 11.2. The molecule has 0 saturated carbocycles. The molecule has 0 aliphatic carbocycles. The summed E-state index contributed by atoms with van der Waals surface area (Å²) in [6.45, 7) is 6.39. The van der Waals surface area contributed by atoms with Gasteiger partial charge < -0.3 is 4.90 Å². The lowest BCUT2D eigenvalue weighted by molar-refractivity contribution is 0.345. The Morgan fingerprint density at radius 1 is 1.37 bits per heavy atom. The molecular weight excluding hydrogens is 276 g/mol. The standard InChI is InChI=1S/C15H19ClN2S/c1-4-18(3)9-13-6-5-12(7-11(13)2)15-17-14(8-16)10-19-15/h5-7,10H,4,8-9H2,1-3H3. The van der Waals surface area contributed by atoms with E-state index in [0.29, 0.717) is 5.88 Å². The van der Waals surface area contributed by atoms with Crippen molar-refractivity contribution in [2.24, 2.45) is 0 Å². The van der Waals surface area contributed by atoms with Gasteiger partial charge in [0.2, 0.25) is 0 Å². The minimum Gasteiger partial charge on any atom is -0.302 e. The maximum Gasteiger partial charge on any atom is 0.123 e. The van der Waals surface area contributed by atoms with Gasteiger partial charge in [0.25, 0.3) is 0 Å². The van der Waals surface area contributed by atoms with Crippen LogP contribution in [0.5, 0.6) is 0 Å². The molecule has 0 amide bonds. The highest BCUT2D eigenvalue weighted by Crippen LogP contribution is 2.26. The van der Waals surface area contributed by atoms with Crippen molar-refractivity contribution < 1.29 is 0 Å². The lowest BCUT2D eigenvalue weighted by Gasteiger charge is -2.16. The molecule has 1 heterocycles. The second-order valence-corrected chi connectivity index (χ2v) is 5.87. The van der Waals surface area contributed by atoms with E-state index in [9.17, 15) is 0 Å². The number of benzene rings is 1. The molecule has 1 aromatic heterocycles. The summed E-state index contributed by atoms with van der Waals surface area (Å²) < 4.78 is 0. The van der Waals surface area contributed by atoms with E-state index in [4.69, 9.17) is 11.6 Å². The molecule has 4 heteroatoms. The average molecular weight is 295 g/mol. The number of rotatable bonds is 5. The quantitative estimate of drug-likeness (QED) is 0.764. The molecule has 0 radical (unpaired) electrons. The molecule has 0 atom stereocenters. The first-order valence-corrected chi connectivity index (χ1v) is 7.84. The van der Waals surface area contributed by atoms with Crippen LogP contribution in [0.3, 0.4) is 0 Å². The van der Waals surface area contributed by atoms with Crippen LogP contribution in [-0.4, -0.2) is 23.5 Å². The van der Waals surface area contributed by atoms with E-state index in [0.717, 1.165) is 23.8 Å². The molecule has 2 aromatic rings. The first kappa shape index (κ1) is 14.5. The van der Waals surface area contributed by atoms with Crippen LogP contribution in [0.25, 0.3) is 10.6 Å². The van der Waals surface area contributed by atoms with Crippen LogP contribution >= 0.6 is 22.9 Å². The third-order valence-electron chi connectivity index (χ3n) is 3.26. The summed E-state index contributed by atoms with van der Waals surface area (Å²) in [7, 11) is 2.14. The summed E-state index contributed by atoms with van der Waals surface area (Å²) in [6, 6.07) is 6.58. The van der Waals surface area contributed by atoms with Gasteiger partial charge in [-0.05, 0) is 37.7 Å². The predicted molar refractivity (Wildman–Crippen MR) is 83.9 cm³/mol. The zero-order valence-electron chi connectivity index (χ0n) is 11.6. The minimum absolute atomic E-state index is 0.481. The fourth-order valence-electron chi connectivity index (χ4n) is 1.91. The van der Waals surface area contributed by atoms with Crippen molar-refractivity contribution >= 4 is 22.9 Å². The molecule has 0 spiro atoms. The molecule has 0 unspecified atom stereocenters. The van der Waals surface area contributed by atoms with E-state index < -0.39 is 0 Å². The molecule has 2 nitrogen and oxygen atoms in total. The van der Waals surface area contributed by atoms with Gasteiger partial charge in [-0.15, -0.1) is 22.9 Å². The summed E-state index contributed by atoms with van der Waals surface area (Å²) >= 11 is 7.45. The Labute approximate surface area is 124 Å². The summed E-state index contributed by atoms with van der Waals surface area (Å²) in [6.07, 6.45) is 0. The largest absolute Gasteiger partial charge is 0.302 e. The lowest BCUT2D eigenvalue weighted by atomic mass is 10.0. The van der Waals surface area contributed by atoms with Crippen molar-refractivity contribution in [3.8, 4) is 10.6 Å². The summed E-state index contributed by atoms with van der Waals surface area (Å²) in [5.41, 5.74) is 4.83. The Bertz CT molecular complexity index is 551. The van der Waals surface area contributed by atoms with Crippen LogP contribution in [0, 0.1) is 6.92 Å². The fraction of sp³-hybridized carbons (Fsp3) is 0.400. The van der Waals surface area contributed by atoms with Crippen molar-refractivity contribution in [2.75, 3.05) is 13.6 Å². The maximum absolute atomic E-state index is 5.80. The van der Waals surface area contributed by atoms with Crippen LogP contribution in [0.4, 0.5) is 0 Å². The Morgan fingerprint density at radius 3 is 2.74 bits per heavy atom. The summed E-state index contributed by atoms with van der Waals surface area (Å²) in [5, 5.41) is 3.07. The van der Waals surface area contributed by atoms with Crippen LogP contribution in [-0.2, 0) is 12.4 Å². The first-order chi connectivity index (χ1) is 9.13. The number of thiazole rings is 1. The smallest absolute Gasteiger partial charge is 0.123 e. The molecule has 102 valence electrons. The second-order valence-electron chi connectivity index (χ2n) is 4.75. The van der Waals surface area contributed by atoms with Gasteiger partial charge in [0.1, 0.15) is 5.01 Å². The summed E-state index contributed by atoms with van der Waals surface area (Å²) in [4.78, 5) is 6.83. The van der Waals surface area contributed by atoms with Gasteiger partial charge in [-0.2, -0.15) is 0 Å². The van der Waals surface area contributed by atoms with E-state index in [1.165, 1.54) is 16.7 Å². The molecule has 1 aromatic carbocycles. The van der Waals surface area contributed by atoms with Gasteiger partial charge in [-0.25, -0.2) is 4.98 Å². The molecule has 0 bridgehead atoms. The van der Waals surface area contributed by atoms with Crippen molar-refractivity contribution in [3.05, 3.63) is 40.4 Å². The molecule has 0 saturated heterocycles. The topological polar surface area (TPSA) is 16.1 Å². The van der Waals surface area contributed by atoms with E-state index in [1.807, 2.05) is 5.38 Å². The molecule has 0 N–H and O–H groups in total. The zero-order chi connectivity index (χ0) is 13.8. The number of halogens is 1. The summed E-state index contributed by atoms with van der Waals surface area (Å²) in [5.74, 6) is 0.481. The Morgan fingerprint density at radius 2 is 2.16 bits per heavy atom. The Balaban J connectivity index is 2.23. The molecule has 2 rings (SSSR count). The Hall–Kier alpha value is -0.900. The van der Waals surface area contributed by atoms with Crippen LogP contribution in [0.2, 0.25) is 0 Å². The van der Waals surface area contributed by atoms with Gasteiger partial charge in [0.05, 0.1) is 11.6 Å². The third-order valence-corrected chi connectivity index (χ3v) is 4.47. The lowest BCUT2D eigenvalue weighted by Crippen LogP contribution is -2.17. The number of nitrogens with zero attached hydrogens (tertiary/aromatic N) is 2. The van der Waals surface area contributed by atoms with Gasteiger partial charge >= 0.3 is 0 Å². The van der Waals surface area contributed by atoms with Crippen molar-refractivity contribution in [1.29, 1.82) is 0 Å². The SMILES string of the molecule is CCN(C)Cc1ccc(-c2nc(CCl)cs2)cc1C. The molecule has 0 aliphatic heterocycles. The monoisotopic (exact) mass is 294 g/mol. The van der Waals surface area contributed by atoms with Crippen molar-refractivity contribution in [1.82, 2.24) is 9.88 Å². The molecule has 19 heavy (non-hydrogen) atoms. The molecular formula is C15H19ClN2S. The van der Waals surface area contributed by atoms with E-state index in [1.54, 1.807) is 11.3 Å². The second kappa shape index (κ2) is 6.51. The van der Waals surface area contributed by atoms with Gasteiger partial charge in [0.15, 0.2) is 0 Å². The molecule has 0 fully saturated rings. The highest BCUT2D eigenvalue weighted by molar-refractivity contribution is 7.13. The number of aromatic nitrogens is 1. The van der Waals surface area contributed by atoms with Crippen LogP contribution in [0.1, 0.15) is 23.7 Å². The maximum atomic E-state index is 5.80. The van der Waals surface area contributed by atoms with Crippen molar-refractivity contribution in [3.63, 3.8) is 0 Å². The average Bonchev–Trinajstić information content (AvgIpc) is 2.89. The number of aryl methyl sites for hydroxylation is 1. The van der Waals surface area contributed by atoms with Gasteiger partial charge in [0, 0.05) is 17.5 Å². The fourth-order valence-corrected chi connectivity index (χ4v) is 2.95. The minimum atomic E-state index is 0.481. The van der Waals surface area contributed by atoms with E-state index in [2.05, 4.69) is 49.0 Å².